The first kappa shape index (κ1) is 26.3. The molecule has 0 aliphatic heterocycles. The molecular formula is C29H36F2N2O6. The number of hydrogen-bond acceptors (Lipinski definition) is 5. The highest BCUT2D eigenvalue weighted by Crippen LogP contribution is 2.63. The second-order valence-corrected chi connectivity index (χ2v) is 13.0. The minimum absolute atomic E-state index is 0.0608. The number of nitrogens with one attached hydrogen (secondary N) is 2. The van der Waals surface area contributed by atoms with Crippen LogP contribution in [0.4, 0.5) is 8.78 Å². The second-order valence-electron chi connectivity index (χ2n) is 13.0. The summed E-state index contributed by atoms with van der Waals surface area (Å²) in [7, 11) is 1.36. The summed E-state index contributed by atoms with van der Waals surface area (Å²) < 4.78 is 40.2. The zero-order valence-electron chi connectivity index (χ0n) is 22.4. The molecule has 4 bridgehead atoms. The van der Waals surface area contributed by atoms with Gasteiger partial charge in [0.2, 0.25) is 5.91 Å². The average molecular weight is 547 g/mol. The van der Waals surface area contributed by atoms with E-state index in [2.05, 4.69) is 10.6 Å². The van der Waals surface area contributed by atoms with E-state index >= 15 is 0 Å². The van der Waals surface area contributed by atoms with Gasteiger partial charge in [-0.15, -0.1) is 0 Å². The normalized spacial score (nSPS) is 39.7. The number of aliphatic carboxylic acids is 1. The number of methoxy groups -OCH3 is 1. The van der Waals surface area contributed by atoms with E-state index in [0.29, 0.717) is 44.9 Å². The molecule has 6 aliphatic rings. The van der Waals surface area contributed by atoms with Gasteiger partial charge >= 0.3 is 5.97 Å². The molecule has 212 valence electrons. The van der Waals surface area contributed by atoms with Crippen molar-refractivity contribution in [1.82, 2.24) is 10.6 Å². The van der Waals surface area contributed by atoms with E-state index in [-0.39, 0.29) is 52.9 Å². The SMILES string of the molecule is COc1cc(F)c(O[C@H]2CC[C@@](C)(C(=O)O)CC2)cc1C(=O)N[C@@H]1[C@@H]2CC[C@@H](C2)[C@@H]1C(=O)NC12CC(F)(C1)C2. The van der Waals surface area contributed by atoms with Gasteiger partial charge in [0.25, 0.3) is 5.91 Å². The Labute approximate surface area is 226 Å². The fraction of sp³-hybridized carbons (Fsp3) is 0.690. The fourth-order valence-corrected chi connectivity index (χ4v) is 7.96. The number of benzene rings is 1. The van der Waals surface area contributed by atoms with Crippen LogP contribution in [0, 0.1) is 29.0 Å². The average Bonchev–Trinajstić information content (AvgIpc) is 3.46. The molecule has 7 rings (SSSR count). The predicted octanol–water partition coefficient (Wildman–Crippen LogP) is 4.15. The summed E-state index contributed by atoms with van der Waals surface area (Å²) in [6.45, 7) is 1.71. The largest absolute Gasteiger partial charge is 0.496 e. The van der Waals surface area contributed by atoms with Crippen molar-refractivity contribution in [3.63, 3.8) is 0 Å². The molecule has 0 heterocycles. The third-order valence-electron chi connectivity index (χ3n) is 10.2. The highest BCUT2D eigenvalue weighted by Gasteiger charge is 2.70. The minimum Gasteiger partial charge on any atom is -0.496 e. The van der Waals surface area contributed by atoms with Crippen molar-refractivity contribution in [2.75, 3.05) is 7.11 Å². The summed E-state index contributed by atoms with van der Waals surface area (Å²) in [6, 6.07) is 2.09. The summed E-state index contributed by atoms with van der Waals surface area (Å²) in [4.78, 5) is 38.4. The zero-order valence-corrected chi connectivity index (χ0v) is 22.4. The lowest BCUT2D eigenvalue weighted by Gasteiger charge is -2.66. The van der Waals surface area contributed by atoms with Crippen molar-refractivity contribution >= 4 is 17.8 Å². The van der Waals surface area contributed by atoms with Gasteiger partial charge in [-0.1, -0.05) is 0 Å². The quantitative estimate of drug-likeness (QED) is 0.452. The van der Waals surface area contributed by atoms with E-state index in [0.717, 1.165) is 25.3 Å². The number of fused-ring (bicyclic) bond motifs is 2. The molecule has 1 aromatic carbocycles. The lowest BCUT2D eigenvalue weighted by atomic mass is 9.47. The molecule has 4 atom stereocenters. The van der Waals surface area contributed by atoms with Crippen LogP contribution in [0.5, 0.6) is 11.5 Å². The van der Waals surface area contributed by atoms with Crippen LogP contribution in [0.2, 0.25) is 0 Å². The Balaban J connectivity index is 1.16. The van der Waals surface area contributed by atoms with Gasteiger partial charge in [-0.25, -0.2) is 8.78 Å². The van der Waals surface area contributed by atoms with Crippen LogP contribution in [-0.4, -0.2) is 53.4 Å². The molecule has 6 aliphatic carbocycles. The number of rotatable bonds is 8. The van der Waals surface area contributed by atoms with Gasteiger partial charge in [0.1, 0.15) is 11.4 Å². The monoisotopic (exact) mass is 546 g/mol. The number of halogens is 2. The first-order valence-corrected chi connectivity index (χ1v) is 14.0. The maximum absolute atomic E-state index is 14.9. The molecule has 6 fully saturated rings. The van der Waals surface area contributed by atoms with E-state index in [1.807, 2.05) is 0 Å². The Morgan fingerprint density at radius 1 is 1.03 bits per heavy atom. The van der Waals surface area contributed by atoms with E-state index in [4.69, 9.17) is 9.47 Å². The number of carbonyl (C=O) groups is 3. The maximum Gasteiger partial charge on any atom is 0.309 e. The zero-order chi connectivity index (χ0) is 27.7. The molecule has 0 radical (unpaired) electrons. The van der Waals surface area contributed by atoms with Gasteiger partial charge < -0.3 is 25.2 Å². The Bertz CT molecular complexity index is 1190. The van der Waals surface area contributed by atoms with Crippen molar-refractivity contribution in [3.05, 3.63) is 23.5 Å². The number of carbonyl (C=O) groups excluding carboxylic acids is 2. The van der Waals surface area contributed by atoms with Gasteiger partial charge in [-0.3, -0.25) is 14.4 Å². The van der Waals surface area contributed by atoms with Crippen LogP contribution < -0.4 is 20.1 Å². The molecule has 3 N–H and O–H groups in total. The minimum atomic E-state index is -1.11. The van der Waals surface area contributed by atoms with Crippen molar-refractivity contribution in [2.24, 2.45) is 23.2 Å². The molecule has 1 aromatic rings. The van der Waals surface area contributed by atoms with E-state index in [1.165, 1.54) is 13.2 Å². The Morgan fingerprint density at radius 3 is 2.31 bits per heavy atom. The van der Waals surface area contributed by atoms with Crippen LogP contribution in [-0.2, 0) is 9.59 Å². The predicted molar refractivity (Wildman–Crippen MR) is 136 cm³/mol. The molecule has 8 nitrogen and oxygen atoms in total. The molecule has 0 saturated heterocycles. The number of carboxylic acid groups (broad SMARTS) is 1. The number of ether oxygens (including phenoxy) is 2. The number of hydrogen-bond donors (Lipinski definition) is 3. The summed E-state index contributed by atoms with van der Waals surface area (Å²) in [5.74, 6) is -2.17. The van der Waals surface area contributed by atoms with Gasteiger partial charge in [-0.2, -0.15) is 0 Å². The molecule has 10 heteroatoms. The molecular weight excluding hydrogens is 510 g/mol. The summed E-state index contributed by atoms with van der Waals surface area (Å²) in [6.07, 6.45) is 5.20. The maximum atomic E-state index is 14.9. The third kappa shape index (κ3) is 4.43. The fourth-order valence-electron chi connectivity index (χ4n) is 7.96. The van der Waals surface area contributed by atoms with Crippen molar-refractivity contribution in [2.45, 2.75) is 94.5 Å². The van der Waals surface area contributed by atoms with E-state index in [9.17, 15) is 28.3 Å². The van der Waals surface area contributed by atoms with Crippen LogP contribution in [0.15, 0.2) is 12.1 Å². The van der Waals surface area contributed by atoms with Crippen LogP contribution in [0.3, 0.4) is 0 Å². The van der Waals surface area contributed by atoms with Crippen molar-refractivity contribution in [3.8, 4) is 11.5 Å². The lowest BCUT2D eigenvalue weighted by molar-refractivity contribution is -0.177. The van der Waals surface area contributed by atoms with Gasteiger partial charge in [0, 0.05) is 36.9 Å². The summed E-state index contributed by atoms with van der Waals surface area (Å²) in [5, 5.41) is 15.6. The van der Waals surface area contributed by atoms with Crippen LogP contribution in [0.1, 0.15) is 81.5 Å². The summed E-state index contributed by atoms with van der Waals surface area (Å²) in [5.41, 5.74) is -2.24. The van der Waals surface area contributed by atoms with Crippen molar-refractivity contribution < 1.29 is 37.7 Å². The topological polar surface area (TPSA) is 114 Å². The van der Waals surface area contributed by atoms with Crippen LogP contribution in [0.25, 0.3) is 0 Å². The number of carboxylic acids is 1. The lowest BCUT2D eigenvalue weighted by Crippen LogP contribution is -2.77. The smallest absolute Gasteiger partial charge is 0.309 e. The standard InChI is InChI=1S/C29H36F2N2O6/c1-27(26(36)37)7-5-17(6-8-27)39-21-10-18(20(38-2)11-19(21)30)24(34)32-23-16-4-3-15(9-16)22(23)25(35)33-29-12-28(31,13-29)14-29/h10-11,15-17,22-23H,3-9,12-14H2,1-2H3,(H,32,34)(H,33,35)(H,36,37)/t15-,16+,17-,22-,23+,27+,28?,29?/m0/s1. The first-order chi connectivity index (χ1) is 18.4. The molecule has 0 unspecified atom stereocenters. The van der Waals surface area contributed by atoms with Crippen molar-refractivity contribution in [1.29, 1.82) is 0 Å². The molecule has 0 spiro atoms. The molecule has 39 heavy (non-hydrogen) atoms. The summed E-state index contributed by atoms with van der Waals surface area (Å²) >= 11 is 0. The highest BCUT2D eigenvalue weighted by atomic mass is 19.1. The first-order valence-electron chi connectivity index (χ1n) is 14.0. The van der Waals surface area contributed by atoms with E-state index < -0.39 is 34.3 Å². The van der Waals surface area contributed by atoms with E-state index in [1.54, 1.807) is 6.92 Å². The Morgan fingerprint density at radius 2 is 1.69 bits per heavy atom. The second kappa shape index (κ2) is 9.06. The van der Waals surface area contributed by atoms with Gasteiger partial charge in [0.15, 0.2) is 11.6 Å². The highest BCUT2D eigenvalue weighted by molar-refractivity contribution is 5.98. The van der Waals surface area contributed by atoms with Gasteiger partial charge in [-0.05, 0) is 69.8 Å². The Kier molecular flexibility index (Phi) is 6.11. The molecule has 0 aromatic heterocycles. The van der Waals surface area contributed by atoms with Gasteiger partial charge in [0.05, 0.1) is 30.1 Å². The third-order valence-corrected chi connectivity index (χ3v) is 10.2. The number of alkyl halides is 1. The van der Waals surface area contributed by atoms with Crippen LogP contribution >= 0.6 is 0 Å². The Hall–Kier alpha value is -2.91. The molecule has 2 amide bonds. The number of amides is 2. The molecule has 6 saturated carbocycles.